The number of hydrogen-bond acceptors (Lipinski definition) is 7. The molecule has 0 unspecified atom stereocenters. The maximum atomic E-state index is 13.2. The normalized spacial score (nSPS) is 10.9. The Morgan fingerprint density at radius 1 is 1.19 bits per heavy atom. The Bertz CT molecular complexity index is 1180. The molecular formula is C21H22Cl2N6O3. The van der Waals surface area contributed by atoms with Crippen molar-refractivity contribution in [1.29, 1.82) is 0 Å². The van der Waals surface area contributed by atoms with Crippen LogP contribution in [0, 0.1) is 0 Å². The van der Waals surface area contributed by atoms with Gasteiger partial charge in [0.05, 0.1) is 34.2 Å². The highest BCUT2D eigenvalue weighted by atomic mass is 35.5. The predicted octanol–water partition coefficient (Wildman–Crippen LogP) is 3.02. The molecule has 11 heteroatoms. The number of benzene rings is 1. The van der Waals surface area contributed by atoms with Crippen molar-refractivity contribution < 1.29 is 9.53 Å². The van der Waals surface area contributed by atoms with E-state index < -0.39 is 11.5 Å². The number of nitrogen functional groups attached to an aromatic ring is 1. The van der Waals surface area contributed by atoms with E-state index in [1.165, 1.54) is 12.5 Å². The van der Waals surface area contributed by atoms with Crippen molar-refractivity contribution in [2.75, 3.05) is 24.7 Å². The lowest BCUT2D eigenvalue weighted by Gasteiger charge is -2.14. The van der Waals surface area contributed by atoms with Crippen LogP contribution in [0.5, 0.6) is 0 Å². The molecule has 0 aliphatic rings. The topological polar surface area (TPSA) is 124 Å². The second-order valence-corrected chi connectivity index (χ2v) is 7.65. The van der Waals surface area contributed by atoms with E-state index in [0.29, 0.717) is 18.8 Å². The fraction of sp³-hybridized carbons (Fsp3) is 0.238. The maximum absolute atomic E-state index is 13.2. The van der Waals surface area contributed by atoms with E-state index >= 15 is 0 Å². The first-order valence-electron chi connectivity index (χ1n) is 9.66. The Hall–Kier alpha value is -2.98. The average Bonchev–Trinajstić information content (AvgIpc) is 2.74. The Kier molecular flexibility index (Phi) is 7.81. The van der Waals surface area contributed by atoms with Gasteiger partial charge in [0.1, 0.15) is 17.7 Å². The second kappa shape index (κ2) is 10.6. The minimum absolute atomic E-state index is 0.189. The zero-order chi connectivity index (χ0) is 23.3. The molecule has 0 atom stereocenters. The van der Waals surface area contributed by atoms with E-state index in [0.717, 1.165) is 22.2 Å². The van der Waals surface area contributed by atoms with Crippen LogP contribution in [0.3, 0.4) is 0 Å². The lowest BCUT2D eigenvalue weighted by atomic mass is 10.2. The second-order valence-electron chi connectivity index (χ2n) is 6.84. The fourth-order valence-corrected chi connectivity index (χ4v) is 3.77. The van der Waals surface area contributed by atoms with Crippen molar-refractivity contribution in [3.05, 3.63) is 74.0 Å². The number of pyridine rings is 1. The molecule has 1 aromatic carbocycles. The molecule has 0 saturated heterocycles. The first-order chi connectivity index (χ1) is 15.3. The van der Waals surface area contributed by atoms with Crippen molar-refractivity contribution in [3.63, 3.8) is 0 Å². The number of amides is 1. The summed E-state index contributed by atoms with van der Waals surface area (Å²) in [5.74, 6) is -0.941. The summed E-state index contributed by atoms with van der Waals surface area (Å²) >= 11 is 12.7. The van der Waals surface area contributed by atoms with Crippen LogP contribution in [0.25, 0.3) is 5.69 Å². The van der Waals surface area contributed by atoms with Crippen LogP contribution in [0.4, 0.5) is 11.5 Å². The third-order valence-corrected chi connectivity index (χ3v) is 5.06. The molecule has 2 aromatic heterocycles. The van der Waals surface area contributed by atoms with Crippen LogP contribution in [0.2, 0.25) is 10.0 Å². The molecule has 0 saturated carbocycles. The third kappa shape index (κ3) is 5.25. The van der Waals surface area contributed by atoms with Crippen molar-refractivity contribution in [2.24, 2.45) is 0 Å². The number of nitrogens with zero attached hydrogens (tertiary/aromatic N) is 3. The molecule has 32 heavy (non-hydrogen) atoms. The lowest BCUT2D eigenvalue weighted by Crippen LogP contribution is -2.31. The third-order valence-electron chi connectivity index (χ3n) is 4.49. The summed E-state index contributed by atoms with van der Waals surface area (Å²) in [6.07, 6.45) is 4.33. The summed E-state index contributed by atoms with van der Waals surface area (Å²) in [5, 5.41) is 6.22. The number of nitrogens with one attached hydrogen (secondary N) is 2. The molecule has 3 aromatic rings. The molecule has 0 fully saturated rings. The van der Waals surface area contributed by atoms with Crippen LogP contribution in [-0.4, -0.2) is 34.1 Å². The van der Waals surface area contributed by atoms with E-state index in [-0.39, 0.29) is 27.1 Å². The van der Waals surface area contributed by atoms with Gasteiger partial charge in [0.2, 0.25) is 0 Å². The van der Waals surface area contributed by atoms with Gasteiger partial charge >= 0.3 is 0 Å². The van der Waals surface area contributed by atoms with E-state index in [4.69, 9.17) is 33.7 Å². The first kappa shape index (κ1) is 23.7. The molecule has 2 heterocycles. The van der Waals surface area contributed by atoms with Crippen LogP contribution in [0.1, 0.15) is 28.4 Å². The molecule has 168 valence electrons. The molecule has 4 N–H and O–H groups in total. The van der Waals surface area contributed by atoms with Gasteiger partial charge in [-0.1, -0.05) is 30.1 Å². The Labute approximate surface area is 194 Å². The van der Waals surface area contributed by atoms with Gasteiger partial charge < -0.3 is 21.1 Å². The number of aromatic nitrogens is 3. The van der Waals surface area contributed by atoms with Gasteiger partial charge in [-0.05, 0) is 35.9 Å². The first-order valence-corrected chi connectivity index (χ1v) is 10.4. The SMILES string of the molecule is CCNCc1cncc(NC(=O)c2c(N)ncn(-c3c(Cl)cc(COC)cc3Cl)c2=O)c1. The summed E-state index contributed by atoms with van der Waals surface area (Å²) in [6, 6.07) is 4.99. The highest BCUT2D eigenvalue weighted by molar-refractivity contribution is 6.37. The predicted molar refractivity (Wildman–Crippen MR) is 125 cm³/mol. The molecule has 3 rings (SSSR count). The summed E-state index contributed by atoms with van der Waals surface area (Å²) in [5.41, 5.74) is 7.02. The van der Waals surface area contributed by atoms with Gasteiger partial charge in [0.15, 0.2) is 0 Å². The van der Waals surface area contributed by atoms with E-state index in [9.17, 15) is 9.59 Å². The van der Waals surface area contributed by atoms with Crippen molar-refractivity contribution in [3.8, 4) is 5.69 Å². The van der Waals surface area contributed by atoms with Crippen molar-refractivity contribution >= 4 is 40.6 Å². The molecule has 0 radical (unpaired) electrons. The molecule has 1 amide bonds. The molecule has 9 nitrogen and oxygen atoms in total. The Morgan fingerprint density at radius 3 is 2.56 bits per heavy atom. The quantitative estimate of drug-likeness (QED) is 0.456. The average molecular weight is 477 g/mol. The number of hydrogen-bond donors (Lipinski definition) is 3. The molecule has 0 spiro atoms. The number of anilines is 2. The lowest BCUT2D eigenvalue weighted by molar-refractivity contribution is 0.102. The molecule has 0 aliphatic heterocycles. The number of nitrogens with two attached hydrogens (primary N) is 1. The summed E-state index contributed by atoms with van der Waals surface area (Å²) in [7, 11) is 1.54. The smallest absolute Gasteiger partial charge is 0.273 e. The van der Waals surface area contributed by atoms with Crippen LogP contribution < -0.4 is 21.9 Å². The molecule has 0 aliphatic carbocycles. The summed E-state index contributed by atoms with van der Waals surface area (Å²) in [4.78, 5) is 34.2. The number of carbonyl (C=O) groups is 1. The van der Waals surface area contributed by atoms with Crippen molar-refractivity contribution in [2.45, 2.75) is 20.1 Å². The highest BCUT2D eigenvalue weighted by Gasteiger charge is 2.21. The van der Waals surface area contributed by atoms with Gasteiger partial charge in [-0.15, -0.1) is 0 Å². The Balaban J connectivity index is 1.97. The van der Waals surface area contributed by atoms with E-state index in [1.54, 1.807) is 31.5 Å². The van der Waals surface area contributed by atoms with Crippen molar-refractivity contribution in [1.82, 2.24) is 19.9 Å². The zero-order valence-electron chi connectivity index (χ0n) is 17.5. The minimum Gasteiger partial charge on any atom is -0.383 e. The number of halogens is 2. The maximum Gasteiger partial charge on any atom is 0.273 e. The Morgan fingerprint density at radius 2 is 1.91 bits per heavy atom. The number of rotatable bonds is 8. The van der Waals surface area contributed by atoms with Crippen LogP contribution in [0.15, 0.2) is 41.7 Å². The van der Waals surface area contributed by atoms with Crippen LogP contribution in [-0.2, 0) is 17.9 Å². The number of ether oxygens (including phenoxy) is 1. The van der Waals surface area contributed by atoms with E-state index in [2.05, 4.69) is 20.6 Å². The summed E-state index contributed by atoms with van der Waals surface area (Å²) < 4.78 is 6.17. The van der Waals surface area contributed by atoms with Gasteiger partial charge in [0, 0.05) is 19.9 Å². The minimum atomic E-state index is -0.722. The molecular weight excluding hydrogens is 455 g/mol. The zero-order valence-corrected chi connectivity index (χ0v) is 19.0. The fourth-order valence-electron chi connectivity index (χ4n) is 3.05. The number of methoxy groups -OCH3 is 1. The van der Waals surface area contributed by atoms with Gasteiger partial charge in [0.25, 0.3) is 11.5 Å². The highest BCUT2D eigenvalue weighted by Crippen LogP contribution is 2.30. The monoisotopic (exact) mass is 476 g/mol. The molecule has 0 bridgehead atoms. The van der Waals surface area contributed by atoms with E-state index in [1.807, 2.05) is 6.92 Å². The van der Waals surface area contributed by atoms with Gasteiger partial charge in [-0.2, -0.15) is 0 Å². The van der Waals surface area contributed by atoms with Crippen LogP contribution >= 0.6 is 23.2 Å². The standard InChI is InChI=1S/C21H22Cl2N6O3/c1-3-25-7-13-4-14(9-26-8-13)28-20(30)17-19(24)27-11-29(21(17)31)18-15(22)5-12(10-32-2)6-16(18)23/h4-6,8-9,11,25H,3,7,10,24H2,1-2H3,(H,28,30). The van der Waals surface area contributed by atoms with Gasteiger partial charge in [-0.25, -0.2) is 4.98 Å². The number of carbonyl (C=O) groups excluding carboxylic acids is 1. The largest absolute Gasteiger partial charge is 0.383 e. The summed E-state index contributed by atoms with van der Waals surface area (Å²) in [6.45, 7) is 3.66. The van der Waals surface area contributed by atoms with Gasteiger partial charge in [-0.3, -0.25) is 19.1 Å².